The largest absolute Gasteiger partial charge is 0.360 e. The highest BCUT2D eigenvalue weighted by Crippen LogP contribution is 2.22. The van der Waals surface area contributed by atoms with Crippen LogP contribution in [0.3, 0.4) is 0 Å². The van der Waals surface area contributed by atoms with Gasteiger partial charge in [-0.15, -0.1) is 0 Å². The molecule has 0 bridgehead atoms. The van der Waals surface area contributed by atoms with Gasteiger partial charge in [0.15, 0.2) is 15.9 Å². The minimum atomic E-state index is -2.98. The van der Waals surface area contributed by atoms with Crippen molar-refractivity contribution in [2.75, 3.05) is 49.6 Å². The van der Waals surface area contributed by atoms with Gasteiger partial charge in [0.05, 0.1) is 37.7 Å². The molecule has 0 saturated carbocycles. The minimum absolute atomic E-state index is 0.0623. The molecule has 1 aromatic carbocycles. The average molecular weight is 395 g/mol. The van der Waals surface area contributed by atoms with E-state index in [1.54, 1.807) is 11.9 Å². The highest BCUT2D eigenvalue weighted by atomic mass is 32.2. The fraction of sp³-hybridized carbons (Fsp3) is 0.650. The molecule has 2 atom stereocenters. The normalized spacial score (nSPS) is 24.0. The van der Waals surface area contributed by atoms with E-state index in [0.29, 0.717) is 6.42 Å². The van der Waals surface area contributed by atoms with Gasteiger partial charge in [-0.25, -0.2) is 8.42 Å². The average Bonchev–Trinajstić information content (AvgIpc) is 3.02. The molecule has 1 N–H and O–H groups in total. The number of amides is 1. The van der Waals surface area contributed by atoms with Crippen LogP contribution in [0, 0.1) is 13.8 Å². The van der Waals surface area contributed by atoms with Gasteiger partial charge in [-0.1, -0.05) is 12.1 Å². The number of quaternary nitrogens is 1. The monoisotopic (exact) mass is 394 g/mol. The van der Waals surface area contributed by atoms with Crippen molar-refractivity contribution in [3.05, 3.63) is 29.3 Å². The lowest BCUT2D eigenvalue weighted by Gasteiger charge is -2.38. The van der Waals surface area contributed by atoms with Crippen molar-refractivity contribution in [3.8, 4) is 0 Å². The fourth-order valence-corrected chi connectivity index (χ4v) is 6.06. The lowest BCUT2D eigenvalue weighted by molar-refractivity contribution is -0.915. The third kappa shape index (κ3) is 4.29. The van der Waals surface area contributed by atoms with Crippen LogP contribution < -0.4 is 9.80 Å². The van der Waals surface area contributed by atoms with Crippen molar-refractivity contribution in [2.24, 2.45) is 0 Å². The van der Waals surface area contributed by atoms with E-state index in [1.807, 2.05) is 6.92 Å². The molecule has 1 amide bonds. The molecule has 2 fully saturated rings. The van der Waals surface area contributed by atoms with Crippen LogP contribution in [-0.2, 0) is 14.6 Å². The lowest BCUT2D eigenvalue weighted by Crippen LogP contribution is -3.19. The number of anilines is 1. The van der Waals surface area contributed by atoms with E-state index >= 15 is 0 Å². The molecule has 6 nitrogen and oxygen atoms in total. The van der Waals surface area contributed by atoms with Gasteiger partial charge in [-0.2, -0.15) is 0 Å². The number of hydrogen-bond donors (Lipinski definition) is 1. The topological polar surface area (TPSA) is 62.1 Å². The van der Waals surface area contributed by atoms with Crippen LogP contribution in [0.25, 0.3) is 0 Å². The van der Waals surface area contributed by atoms with E-state index in [4.69, 9.17) is 0 Å². The highest BCUT2D eigenvalue weighted by molar-refractivity contribution is 7.91. The zero-order valence-corrected chi connectivity index (χ0v) is 17.7. The van der Waals surface area contributed by atoms with Gasteiger partial charge < -0.3 is 14.7 Å². The number of benzene rings is 1. The molecule has 0 radical (unpaired) electrons. The molecule has 27 heavy (non-hydrogen) atoms. The Morgan fingerprint density at radius 1 is 1.26 bits per heavy atom. The number of carbonyl (C=O) groups is 1. The molecule has 0 aromatic heterocycles. The third-order valence-electron chi connectivity index (χ3n) is 6.41. The van der Waals surface area contributed by atoms with Crippen LogP contribution in [0.4, 0.5) is 5.69 Å². The Kier molecular flexibility index (Phi) is 5.82. The zero-order chi connectivity index (χ0) is 19.8. The Bertz CT molecular complexity index is 801. The summed E-state index contributed by atoms with van der Waals surface area (Å²) in [6.07, 6.45) is 0.563. The van der Waals surface area contributed by atoms with Crippen molar-refractivity contribution in [1.82, 2.24) is 4.90 Å². The molecule has 3 rings (SSSR count). The van der Waals surface area contributed by atoms with E-state index in [0.717, 1.165) is 26.2 Å². The van der Waals surface area contributed by atoms with Gasteiger partial charge in [-0.05, 0) is 44.4 Å². The first kappa shape index (κ1) is 20.1. The second kappa shape index (κ2) is 7.80. The van der Waals surface area contributed by atoms with Crippen molar-refractivity contribution < 1.29 is 18.1 Å². The molecule has 0 aliphatic carbocycles. The first-order valence-corrected chi connectivity index (χ1v) is 11.6. The molecular formula is C20H32N3O3S+. The summed E-state index contributed by atoms with van der Waals surface area (Å²) in [5, 5.41) is 0. The lowest BCUT2D eigenvalue weighted by atomic mass is 10.1. The Morgan fingerprint density at radius 2 is 1.93 bits per heavy atom. The molecule has 150 valence electrons. The van der Waals surface area contributed by atoms with Crippen molar-refractivity contribution in [3.63, 3.8) is 0 Å². The second-order valence-corrected chi connectivity index (χ2v) is 10.3. The van der Waals surface area contributed by atoms with Gasteiger partial charge in [0, 0.05) is 18.8 Å². The maximum absolute atomic E-state index is 12.9. The van der Waals surface area contributed by atoms with E-state index in [2.05, 4.69) is 36.9 Å². The molecule has 0 unspecified atom stereocenters. The first-order valence-electron chi connectivity index (χ1n) is 9.82. The summed E-state index contributed by atoms with van der Waals surface area (Å²) in [6.45, 7) is 9.97. The van der Waals surface area contributed by atoms with Gasteiger partial charge in [0.1, 0.15) is 0 Å². The van der Waals surface area contributed by atoms with Crippen molar-refractivity contribution >= 4 is 21.4 Å². The zero-order valence-electron chi connectivity index (χ0n) is 16.9. The summed E-state index contributed by atoms with van der Waals surface area (Å²) in [5.74, 6) is 0.371. The summed E-state index contributed by atoms with van der Waals surface area (Å²) < 4.78 is 23.4. The van der Waals surface area contributed by atoms with Gasteiger partial charge in [-0.3, -0.25) is 4.79 Å². The fourth-order valence-electron chi connectivity index (χ4n) is 4.29. The summed E-state index contributed by atoms with van der Waals surface area (Å²) in [6, 6.07) is 6.11. The van der Waals surface area contributed by atoms with Crippen LogP contribution >= 0.6 is 0 Å². The van der Waals surface area contributed by atoms with Crippen molar-refractivity contribution in [2.45, 2.75) is 39.3 Å². The number of nitrogens with zero attached hydrogens (tertiary/aromatic N) is 2. The van der Waals surface area contributed by atoms with Crippen LogP contribution in [0.2, 0.25) is 0 Å². The molecule has 2 saturated heterocycles. The molecular weight excluding hydrogens is 362 g/mol. The summed E-state index contributed by atoms with van der Waals surface area (Å²) in [7, 11) is -1.22. The molecule has 2 aliphatic heterocycles. The SMILES string of the molecule is Cc1cccc(N2CC[NH+]([C@@H](C)C(=O)N(C)[C@@H]3CCS(=O)(=O)C3)CC2)c1C. The van der Waals surface area contributed by atoms with Crippen LogP contribution in [-0.4, -0.2) is 76.0 Å². The van der Waals surface area contributed by atoms with E-state index in [1.165, 1.54) is 21.7 Å². The highest BCUT2D eigenvalue weighted by Gasteiger charge is 2.37. The number of aryl methyl sites for hydroxylation is 1. The first-order chi connectivity index (χ1) is 12.7. The molecule has 1 aromatic rings. The number of piperazine rings is 1. The molecule has 7 heteroatoms. The van der Waals surface area contributed by atoms with Crippen molar-refractivity contribution in [1.29, 1.82) is 0 Å². The van der Waals surface area contributed by atoms with Gasteiger partial charge in [0.25, 0.3) is 5.91 Å². The molecule has 0 spiro atoms. The number of likely N-dealkylation sites (N-methyl/N-ethyl adjacent to an activating group) is 1. The Balaban J connectivity index is 1.59. The van der Waals surface area contributed by atoms with Crippen LogP contribution in [0.1, 0.15) is 24.5 Å². The summed E-state index contributed by atoms with van der Waals surface area (Å²) >= 11 is 0. The standard InChI is InChI=1S/C20H31N3O3S/c1-15-6-5-7-19(16(15)2)23-11-9-22(10-12-23)17(3)20(24)21(4)18-8-13-27(25,26)14-18/h5-7,17-18H,8-14H2,1-4H3/p+1/t17-,18+/m0/s1. The minimum Gasteiger partial charge on any atom is -0.360 e. The predicted octanol–water partition coefficient (Wildman–Crippen LogP) is 0.0423. The summed E-state index contributed by atoms with van der Waals surface area (Å²) in [4.78, 5) is 18.3. The third-order valence-corrected chi connectivity index (χ3v) is 8.16. The van der Waals surface area contributed by atoms with Crippen LogP contribution in [0.15, 0.2) is 18.2 Å². The second-order valence-electron chi connectivity index (χ2n) is 8.09. The van der Waals surface area contributed by atoms with E-state index in [-0.39, 0.29) is 29.5 Å². The number of hydrogen-bond acceptors (Lipinski definition) is 4. The number of carbonyl (C=O) groups excluding carboxylic acids is 1. The smallest absolute Gasteiger partial charge is 0.280 e. The molecule has 2 aliphatic rings. The van der Waals surface area contributed by atoms with Gasteiger partial charge >= 0.3 is 0 Å². The maximum Gasteiger partial charge on any atom is 0.280 e. The Hall–Kier alpha value is -1.60. The number of sulfone groups is 1. The van der Waals surface area contributed by atoms with E-state index < -0.39 is 9.84 Å². The van der Waals surface area contributed by atoms with E-state index in [9.17, 15) is 13.2 Å². The Labute approximate surface area is 163 Å². The van der Waals surface area contributed by atoms with Crippen LogP contribution in [0.5, 0.6) is 0 Å². The number of rotatable bonds is 4. The Morgan fingerprint density at radius 3 is 2.52 bits per heavy atom. The quantitative estimate of drug-likeness (QED) is 0.784. The van der Waals surface area contributed by atoms with Gasteiger partial charge in [0.2, 0.25) is 0 Å². The maximum atomic E-state index is 12.9. The summed E-state index contributed by atoms with van der Waals surface area (Å²) in [5.41, 5.74) is 3.92. The predicted molar refractivity (Wildman–Crippen MR) is 108 cm³/mol. The number of nitrogens with one attached hydrogen (secondary N) is 1. The molecule has 2 heterocycles.